The Morgan fingerprint density at radius 3 is 2.47 bits per heavy atom. The van der Waals surface area contributed by atoms with Gasteiger partial charge in [0.25, 0.3) is 0 Å². The van der Waals surface area contributed by atoms with Crippen molar-refractivity contribution in [2.24, 2.45) is 5.92 Å². The minimum Gasteiger partial charge on any atom is -0.390 e. The second kappa shape index (κ2) is 6.17. The molecule has 1 saturated heterocycles. The fourth-order valence-corrected chi connectivity index (χ4v) is 3.41. The third-order valence-corrected chi connectivity index (χ3v) is 4.41. The van der Waals surface area contributed by atoms with Gasteiger partial charge in [-0.15, -0.1) is 0 Å². The molecule has 0 spiro atoms. The topological polar surface area (TPSA) is 38.7 Å². The van der Waals surface area contributed by atoms with Crippen LogP contribution >= 0.6 is 0 Å². The molecule has 2 rings (SSSR count). The quantitative estimate of drug-likeness (QED) is 0.823. The van der Waals surface area contributed by atoms with Crippen LogP contribution in [0.1, 0.15) is 51.9 Å². The van der Waals surface area contributed by atoms with Crippen molar-refractivity contribution < 1.29 is 14.6 Å². The van der Waals surface area contributed by atoms with Crippen LogP contribution in [0, 0.1) is 5.92 Å². The minimum absolute atomic E-state index is 0.299. The SMILES string of the molecule is CCOC1(C(O)C2CCCCC2)CCOCC1. The van der Waals surface area contributed by atoms with Crippen LogP contribution in [0.5, 0.6) is 0 Å². The van der Waals surface area contributed by atoms with E-state index in [1.165, 1.54) is 19.3 Å². The van der Waals surface area contributed by atoms with E-state index in [0.29, 0.717) is 12.5 Å². The molecule has 0 radical (unpaired) electrons. The highest BCUT2D eigenvalue weighted by Crippen LogP contribution is 2.37. The summed E-state index contributed by atoms with van der Waals surface area (Å²) in [4.78, 5) is 0. The van der Waals surface area contributed by atoms with Gasteiger partial charge in [0.15, 0.2) is 0 Å². The Kier molecular flexibility index (Phi) is 4.83. The van der Waals surface area contributed by atoms with Crippen LogP contribution in [0.25, 0.3) is 0 Å². The van der Waals surface area contributed by atoms with Gasteiger partial charge in [0.1, 0.15) is 0 Å². The Bertz CT molecular complexity index is 212. The maximum Gasteiger partial charge on any atom is 0.0986 e. The van der Waals surface area contributed by atoms with E-state index in [9.17, 15) is 5.11 Å². The van der Waals surface area contributed by atoms with Crippen molar-refractivity contribution >= 4 is 0 Å². The fraction of sp³-hybridized carbons (Fsp3) is 1.00. The van der Waals surface area contributed by atoms with Gasteiger partial charge in [0.2, 0.25) is 0 Å². The Labute approximate surface area is 104 Å². The van der Waals surface area contributed by atoms with Crippen molar-refractivity contribution in [2.45, 2.75) is 63.6 Å². The van der Waals surface area contributed by atoms with E-state index in [1.807, 2.05) is 6.92 Å². The molecular formula is C14H26O3. The van der Waals surface area contributed by atoms with Crippen molar-refractivity contribution in [1.82, 2.24) is 0 Å². The molecule has 0 aromatic rings. The highest BCUT2D eigenvalue weighted by molar-refractivity contribution is 4.94. The van der Waals surface area contributed by atoms with Crippen LogP contribution in [0.3, 0.4) is 0 Å². The number of hydrogen-bond donors (Lipinski definition) is 1. The lowest BCUT2D eigenvalue weighted by Crippen LogP contribution is -2.52. The third-order valence-electron chi connectivity index (χ3n) is 4.41. The molecule has 1 atom stereocenters. The van der Waals surface area contributed by atoms with Crippen molar-refractivity contribution in [3.05, 3.63) is 0 Å². The molecule has 2 fully saturated rings. The van der Waals surface area contributed by atoms with Gasteiger partial charge >= 0.3 is 0 Å². The molecule has 1 N–H and O–H groups in total. The Hall–Kier alpha value is -0.120. The third kappa shape index (κ3) is 3.01. The first-order chi connectivity index (χ1) is 8.28. The molecule has 0 bridgehead atoms. The predicted molar refractivity (Wildman–Crippen MR) is 67.0 cm³/mol. The maximum atomic E-state index is 10.7. The maximum absolute atomic E-state index is 10.7. The van der Waals surface area contributed by atoms with Crippen LogP contribution in [-0.2, 0) is 9.47 Å². The van der Waals surface area contributed by atoms with Gasteiger partial charge in [-0.05, 0) is 25.7 Å². The standard InChI is InChI=1S/C14H26O3/c1-2-17-14(8-10-16-11-9-14)13(15)12-6-4-3-5-7-12/h12-13,15H,2-11H2,1H3. The molecule has 0 aromatic carbocycles. The zero-order chi connectivity index (χ0) is 12.1. The molecule has 1 aliphatic carbocycles. The van der Waals surface area contributed by atoms with E-state index in [2.05, 4.69) is 0 Å². The summed E-state index contributed by atoms with van der Waals surface area (Å²) in [6.07, 6.45) is 7.58. The van der Waals surface area contributed by atoms with Crippen molar-refractivity contribution in [3.63, 3.8) is 0 Å². The molecule has 3 heteroatoms. The highest BCUT2D eigenvalue weighted by Gasteiger charge is 2.44. The summed E-state index contributed by atoms with van der Waals surface area (Å²) >= 11 is 0. The molecule has 0 aromatic heterocycles. The van der Waals surface area contributed by atoms with Gasteiger partial charge in [-0.1, -0.05) is 19.3 Å². The Morgan fingerprint density at radius 1 is 1.24 bits per heavy atom. The predicted octanol–water partition coefficient (Wildman–Crippen LogP) is 2.51. The molecular weight excluding hydrogens is 216 g/mol. The average molecular weight is 242 g/mol. The molecule has 1 unspecified atom stereocenters. The molecule has 2 aliphatic rings. The monoisotopic (exact) mass is 242 g/mol. The van der Waals surface area contributed by atoms with Gasteiger partial charge in [-0.2, -0.15) is 0 Å². The lowest BCUT2D eigenvalue weighted by atomic mass is 9.75. The first-order valence-corrected chi connectivity index (χ1v) is 7.18. The normalized spacial score (nSPS) is 27.9. The molecule has 1 saturated carbocycles. The smallest absolute Gasteiger partial charge is 0.0986 e. The van der Waals surface area contributed by atoms with Gasteiger partial charge in [0.05, 0.1) is 11.7 Å². The van der Waals surface area contributed by atoms with Crippen molar-refractivity contribution in [2.75, 3.05) is 19.8 Å². The summed E-state index contributed by atoms with van der Waals surface area (Å²) in [6.45, 7) is 4.15. The van der Waals surface area contributed by atoms with Crippen molar-refractivity contribution in [3.8, 4) is 0 Å². The highest BCUT2D eigenvalue weighted by atomic mass is 16.5. The first-order valence-electron chi connectivity index (χ1n) is 7.18. The van der Waals surface area contributed by atoms with E-state index in [4.69, 9.17) is 9.47 Å². The second-order valence-electron chi connectivity index (χ2n) is 5.45. The van der Waals surface area contributed by atoms with Gasteiger partial charge in [0, 0.05) is 32.7 Å². The van der Waals surface area contributed by atoms with E-state index in [0.717, 1.165) is 38.9 Å². The molecule has 17 heavy (non-hydrogen) atoms. The number of aliphatic hydroxyl groups excluding tert-OH is 1. The van der Waals surface area contributed by atoms with Crippen LogP contribution in [0.4, 0.5) is 0 Å². The van der Waals surface area contributed by atoms with Crippen LogP contribution < -0.4 is 0 Å². The van der Waals surface area contributed by atoms with Crippen LogP contribution in [0.15, 0.2) is 0 Å². The Balaban J connectivity index is 2.02. The lowest BCUT2D eigenvalue weighted by molar-refractivity contribution is -0.182. The summed E-state index contributed by atoms with van der Waals surface area (Å²) in [5, 5.41) is 10.7. The van der Waals surface area contributed by atoms with Gasteiger partial charge in [-0.25, -0.2) is 0 Å². The Morgan fingerprint density at radius 2 is 1.88 bits per heavy atom. The fourth-order valence-electron chi connectivity index (χ4n) is 3.41. The summed E-state index contributed by atoms with van der Waals surface area (Å²) in [7, 11) is 0. The summed E-state index contributed by atoms with van der Waals surface area (Å²) in [6, 6.07) is 0. The van der Waals surface area contributed by atoms with Crippen molar-refractivity contribution in [1.29, 1.82) is 0 Å². The van der Waals surface area contributed by atoms with Gasteiger partial charge < -0.3 is 14.6 Å². The van der Waals surface area contributed by atoms with Crippen LogP contribution in [0.2, 0.25) is 0 Å². The number of hydrogen-bond acceptors (Lipinski definition) is 3. The number of aliphatic hydroxyl groups is 1. The summed E-state index contributed by atoms with van der Waals surface area (Å²) < 4.78 is 11.4. The zero-order valence-electron chi connectivity index (χ0n) is 11.0. The van der Waals surface area contributed by atoms with E-state index in [1.54, 1.807) is 0 Å². The molecule has 0 amide bonds. The largest absolute Gasteiger partial charge is 0.390 e. The molecule has 1 heterocycles. The molecule has 3 nitrogen and oxygen atoms in total. The van der Waals surface area contributed by atoms with E-state index < -0.39 is 0 Å². The van der Waals surface area contributed by atoms with Crippen LogP contribution in [-0.4, -0.2) is 36.6 Å². The zero-order valence-corrected chi connectivity index (χ0v) is 11.0. The van der Waals surface area contributed by atoms with Gasteiger partial charge in [-0.3, -0.25) is 0 Å². The molecule has 1 aliphatic heterocycles. The number of ether oxygens (including phenoxy) is 2. The molecule has 100 valence electrons. The first kappa shape index (κ1) is 13.3. The average Bonchev–Trinajstić information content (AvgIpc) is 2.40. The second-order valence-corrected chi connectivity index (χ2v) is 5.45. The van der Waals surface area contributed by atoms with E-state index >= 15 is 0 Å². The minimum atomic E-state index is -0.324. The summed E-state index contributed by atoms with van der Waals surface area (Å²) in [5.74, 6) is 0.438. The number of rotatable bonds is 4. The van der Waals surface area contributed by atoms with E-state index in [-0.39, 0.29) is 11.7 Å². The summed E-state index contributed by atoms with van der Waals surface area (Å²) in [5.41, 5.74) is -0.324. The lowest BCUT2D eigenvalue weighted by Gasteiger charge is -2.44.